The van der Waals surface area contributed by atoms with Crippen LogP contribution in [0.15, 0.2) is 69.2 Å². The molecule has 5 rings (SSSR count). The van der Waals surface area contributed by atoms with Gasteiger partial charge in [-0.2, -0.15) is 8.42 Å². The van der Waals surface area contributed by atoms with E-state index >= 15 is 0 Å². The maximum Gasteiger partial charge on any atom is 0.286 e. The normalized spacial score (nSPS) is 23.0. The molecule has 0 bridgehead atoms. The number of aliphatic hydroxyl groups excluding tert-OH is 1. The summed E-state index contributed by atoms with van der Waals surface area (Å²) in [7, 11) is -7.90. The smallest absolute Gasteiger partial charge is 0.286 e. The summed E-state index contributed by atoms with van der Waals surface area (Å²) in [4.78, 5) is 15.1. The molecule has 2 aliphatic heterocycles. The van der Waals surface area contributed by atoms with Gasteiger partial charge in [0.1, 0.15) is 16.2 Å². The summed E-state index contributed by atoms with van der Waals surface area (Å²) in [6.45, 7) is 0.429. The lowest BCUT2D eigenvalue weighted by atomic mass is 9.90. The van der Waals surface area contributed by atoms with Gasteiger partial charge in [0.2, 0.25) is 10.0 Å². The second kappa shape index (κ2) is 8.93. The van der Waals surface area contributed by atoms with Gasteiger partial charge in [-0.25, -0.2) is 8.42 Å². The Kier molecular flexibility index (Phi) is 6.03. The summed E-state index contributed by atoms with van der Waals surface area (Å²) in [5.74, 6) is -1.13. The van der Waals surface area contributed by atoms with Crippen molar-refractivity contribution in [1.29, 1.82) is 0 Å². The van der Waals surface area contributed by atoms with Gasteiger partial charge in [0.15, 0.2) is 5.84 Å². The van der Waals surface area contributed by atoms with Crippen LogP contribution in [0.5, 0.6) is 0 Å². The number of hydrogen-bond acceptors (Lipinski definition) is 7. The summed E-state index contributed by atoms with van der Waals surface area (Å²) in [5, 5.41) is 14.0. The molecule has 3 aliphatic rings. The van der Waals surface area contributed by atoms with Crippen molar-refractivity contribution in [3.63, 3.8) is 0 Å². The third-order valence-corrected chi connectivity index (χ3v) is 8.63. The number of anilines is 2. The van der Waals surface area contributed by atoms with Gasteiger partial charge in [0.05, 0.1) is 11.9 Å². The number of nitrogens with zero attached hydrogens (tertiary/aromatic N) is 2. The number of nitrogens with one attached hydrogen (secondary N) is 2. The molecule has 0 unspecified atom stereocenters. The van der Waals surface area contributed by atoms with Crippen molar-refractivity contribution in [3.8, 4) is 0 Å². The maximum atomic E-state index is 13.6. The molecule has 0 aromatic heterocycles. The monoisotopic (exact) mass is 530 g/mol. The Labute approximate surface area is 209 Å². The highest BCUT2D eigenvalue weighted by Gasteiger charge is 2.46. The van der Waals surface area contributed by atoms with E-state index in [-0.39, 0.29) is 45.4 Å². The molecule has 2 aromatic rings. The van der Waals surface area contributed by atoms with E-state index in [9.17, 15) is 26.7 Å². The topological polar surface area (TPSA) is 145 Å². The Morgan fingerprint density at radius 1 is 1.17 bits per heavy atom. The van der Waals surface area contributed by atoms with Crippen LogP contribution in [0, 0.1) is 5.92 Å². The number of fused-ring (bicyclic) bond motifs is 2. The van der Waals surface area contributed by atoms with Gasteiger partial charge in [0, 0.05) is 24.2 Å². The van der Waals surface area contributed by atoms with E-state index < -0.39 is 26.0 Å². The molecule has 1 fully saturated rings. The molecule has 0 spiro atoms. The summed E-state index contributed by atoms with van der Waals surface area (Å²) >= 11 is 0. The summed E-state index contributed by atoms with van der Waals surface area (Å²) < 4.78 is 55.2. The fraction of sp³-hybridized carbons (Fsp3) is 0.333. The fourth-order valence-corrected chi connectivity index (χ4v) is 6.85. The van der Waals surface area contributed by atoms with Crippen LogP contribution in [0.2, 0.25) is 0 Å². The summed E-state index contributed by atoms with van der Waals surface area (Å²) in [6.07, 6.45) is 3.88. The number of carbonyl (C=O) groups is 1. The first kappa shape index (κ1) is 24.3. The van der Waals surface area contributed by atoms with E-state index in [0.29, 0.717) is 19.4 Å². The first-order valence-electron chi connectivity index (χ1n) is 11.6. The SMILES string of the molecule is CS(=O)(=O)Nc1ccc2c(c1)S(=O)(=O)N=C(C1=C(O)[C@@H]3CCC[C@@H]3N(CCc3ccccc3)C1=O)N2. The maximum absolute atomic E-state index is 13.6. The van der Waals surface area contributed by atoms with E-state index in [1.165, 1.54) is 12.1 Å². The number of rotatable bonds is 6. The molecule has 36 heavy (non-hydrogen) atoms. The summed E-state index contributed by atoms with van der Waals surface area (Å²) in [6, 6.07) is 13.6. The van der Waals surface area contributed by atoms with E-state index in [1.807, 2.05) is 30.3 Å². The Hall–Kier alpha value is -3.38. The van der Waals surface area contributed by atoms with Crippen LogP contribution < -0.4 is 10.0 Å². The second-order valence-corrected chi connectivity index (χ2v) is 12.5. The molecule has 2 atom stereocenters. The minimum absolute atomic E-state index is 0.0666. The van der Waals surface area contributed by atoms with E-state index in [1.54, 1.807) is 4.90 Å². The number of sulfonamides is 2. The van der Waals surface area contributed by atoms with Gasteiger partial charge in [-0.3, -0.25) is 9.52 Å². The molecule has 0 saturated heterocycles. The minimum atomic E-state index is -4.29. The van der Waals surface area contributed by atoms with Gasteiger partial charge in [-0.1, -0.05) is 36.8 Å². The predicted molar refractivity (Wildman–Crippen MR) is 136 cm³/mol. The van der Waals surface area contributed by atoms with Crippen molar-refractivity contribution in [2.45, 2.75) is 36.6 Å². The van der Waals surface area contributed by atoms with Gasteiger partial charge in [-0.15, -0.1) is 4.40 Å². The zero-order valence-corrected chi connectivity index (χ0v) is 21.1. The molecule has 12 heteroatoms. The fourth-order valence-electron chi connectivity index (χ4n) is 5.15. The number of carbonyl (C=O) groups excluding carboxylic acids is 1. The van der Waals surface area contributed by atoms with Crippen LogP contribution in [0.1, 0.15) is 24.8 Å². The quantitative estimate of drug-likeness (QED) is 0.521. The van der Waals surface area contributed by atoms with Crippen LogP contribution in [0.4, 0.5) is 11.4 Å². The molecule has 10 nitrogen and oxygen atoms in total. The van der Waals surface area contributed by atoms with Crippen molar-refractivity contribution < 1.29 is 26.7 Å². The average molecular weight is 531 g/mol. The highest BCUT2D eigenvalue weighted by Crippen LogP contribution is 2.41. The highest BCUT2D eigenvalue weighted by molar-refractivity contribution is 7.92. The molecule has 1 amide bonds. The Balaban J connectivity index is 1.49. The zero-order valence-electron chi connectivity index (χ0n) is 19.5. The molecule has 3 N–H and O–H groups in total. The minimum Gasteiger partial charge on any atom is -0.511 e. The number of amides is 1. The third kappa shape index (κ3) is 4.58. The zero-order chi connectivity index (χ0) is 25.7. The van der Waals surface area contributed by atoms with Gasteiger partial charge >= 0.3 is 0 Å². The van der Waals surface area contributed by atoms with E-state index in [4.69, 9.17) is 0 Å². The van der Waals surface area contributed by atoms with Crippen molar-refractivity contribution in [1.82, 2.24) is 4.90 Å². The Morgan fingerprint density at radius 3 is 2.64 bits per heavy atom. The predicted octanol–water partition coefficient (Wildman–Crippen LogP) is 2.64. The van der Waals surface area contributed by atoms with Gasteiger partial charge in [-0.05, 0) is 43.0 Å². The molecule has 2 heterocycles. The Morgan fingerprint density at radius 2 is 1.92 bits per heavy atom. The van der Waals surface area contributed by atoms with Crippen LogP contribution in [0.25, 0.3) is 0 Å². The lowest BCUT2D eigenvalue weighted by Crippen LogP contribution is -2.51. The summed E-state index contributed by atoms with van der Waals surface area (Å²) in [5.41, 5.74) is 1.13. The van der Waals surface area contributed by atoms with Crippen LogP contribution >= 0.6 is 0 Å². The van der Waals surface area contributed by atoms with Gasteiger partial charge < -0.3 is 15.3 Å². The van der Waals surface area contributed by atoms with Crippen LogP contribution in [0.3, 0.4) is 0 Å². The van der Waals surface area contributed by atoms with Crippen LogP contribution in [-0.2, 0) is 31.3 Å². The molecule has 1 saturated carbocycles. The highest BCUT2D eigenvalue weighted by atomic mass is 32.2. The van der Waals surface area contributed by atoms with E-state index in [0.717, 1.165) is 30.7 Å². The standard InChI is InChI=1S/C24H26N4O6S2/c1-35(31,32)26-16-10-11-18-20(14-16)36(33,34)27-23(25-18)21-22(29)17-8-5-9-19(17)28(24(21)30)13-12-15-6-3-2-4-7-15/h2-4,6-7,10-11,14,17,19,26,29H,5,8-9,12-13H2,1H3,(H,25,27)/t17-,19+/m1/s1. The van der Waals surface area contributed by atoms with Crippen molar-refractivity contribution in [3.05, 3.63) is 65.4 Å². The van der Waals surface area contributed by atoms with Crippen molar-refractivity contribution in [2.24, 2.45) is 10.3 Å². The van der Waals surface area contributed by atoms with Crippen LogP contribution in [-0.4, -0.2) is 57.4 Å². The molecular formula is C24H26N4O6S2. The Bertz CT molecular complexity index is 1500. The largest absolute Gasteiger partial charge is 0.511 e. The molecule has 2 aromatic carbocycles. The molecular weight excluding hydrogens is 504 g/mol. The number of hydrogen-bond donors (Lipinski definition) is 3. The molecule has 1 aliphatic carbocycles. The van der Waals surface area contributed by atoms with Crippen molar-refractivity contribution in [2.75, 3.05) is 22.8 Å². The lowest BCUT2D eigenvalue weighted by molar-refractivity contribution is -0.131. The van der Waals surface area contributed by atoms with Crippen molar-refractivity contribution >= 4 is 43.2 Å². The molecule has 190 valence electrons. The number of aliphatic hydroxyl groups is 1. The number of amidine groups is 1. The second-order valence-electron chi connectivity index (χ2n) is 9.22. The van der Waals surface area contributed by atoms with E-state index in [2.05, 4.69) is 14.4 Å². The lowest BCUT2D eigenvalue weighted by Gasteiger charge is -2.39. The molecule has 0 radical (unpaired) electrons. The first-order valence-corrected chi connectivity index (χ1v) is 14.9. The first-order chi connectivity index (χ1) is 17.0. The number of benzene rings is 2. The third-order valence-electron chi connectivity index (χ3n) is 6.71. The average Bonchev–Trinajstić information content (AvgIpc) is 3.29. The van der Waals surface area contributed by atoms with Gasteiger partial charge in [0.25, 0.3) is 15.9 Å².